The third-order valence-corrected chi connectivity index (χ3v) is 7.94. The summed E-state index contributed by atoms with van der Waals surface area (Å²) in [5.41, 5.74) is 13.0. The summed E-state index contributed by atoms with van der Waals surface area (Å²) >= 11 is 0. The summed E-state index contributed by atoms with van der Waals surface area (Å²) in [6.45, 7) is 6.56. The Bertz CT molecular complexity index is 1110. The first kappa shape index (κ1) is 20.3. The van der Waals surface area contributed by atoms with E-state index in [1.54, 1.807) is 6.20 Å². The number of pyridine rings is 1. The Labute approximate surface area is 189 Å². The summed E-state index contributed by atoms with van der Waals surface area (Å²) in [7, 11) is 0. The molecule has 168 valence electrons. The van der Waals surface area contributed by atoms with Crippen molar-refractivity contribution in [2.24, 2.45) is 16.1 Å². The van der Waals surface area contributed by atoms with Crippen molar-refractivity contribution in [2.75, 3.05) is 0 Å². The summed E-state index contributed by atoms with van der Waals surface area (Å²) in [6, 6.07) is 2.65. The van der Waals surface area contributed by atoms with Crippen LogP contribution < -0.4 is 5.73 Å². The lowest BCUT2D eigenvalue weighted by molar-refractivity contribution is -0.127. The molecule has 2 aromatic heterocycles. The van der Waals surface area contributed by atoms with E-state index in [4.69, 9.17) is 25.4 Å². The van der Waals surface area contributed by atoms with Gasteiger partial charge >= 0.3 is 0 Å². The molecule has 5 fully saturated rings. The van der Waals surface area contributed by atoms with Crippen molar-refractivity contribution >= 4 is 17.2 Å². The van der Waals surface area contributed by atoms with E-state index in [1.807, 2.05) is 19.3 Å². The average molecular weight is 432 g/mol. The molecule has 4 saturated carbocycles. The fourth-order valence-corrected chi connectivity index (χ4v) is 6.51. The van der Waals surface area contributed by atoms with Gasteiger partial charge in [-0.1, -0.05) is 6.92 Å². The lowest BCUT2D eigenvalue weighted by Gasteiger charge is -2.69. The van der Waals surface area contributed by atoms with Crippen molar-refractivity contribution in [3.63, 3.8) is 0 Å². The highest BCUT2D eigenvalue weighted by Crippen LogP contribution is 2.73. The van der Waals surface area contributed by atoms with Gasteiger partial charge in [0.1, 0.15) is 5.52 Å². The molecule has 0 spiro atoms. The fourth-order valence-electron chi connectivity index (χ4n) is 6.51. The maximum atomic E-state index is 6.31. The molecular weight excluding hydrogens is 398 g/mol. The van der Waals surface area contributed by atoms with E-state index < -0.39 is 0 Å². The second-order valence-corrected chi connectivity index (χ2v) is 11.2. The Kier molecular flexibility index (Phi) is 4.49. The molecule has 0 radical (unpaired) electrons. The van der Waals surface area contributed by atoms with Crippen LogP contribution in [0.3, 0.4) is 0 Å². The molecule has 0 amide bonds. The van der Waals surface area contributed by atoms with Gasteiger partial charge in [-0.05, 0) is 70.3 Å². The van der Waals surface area contributed by atoms with E-state index in [-0.39, 0.29) is 17.6 Å². The molecule has 4 aliphatic carbocycles. The number of fused-ring (bicyclic) bond motifs is 1. The summed E-state index contributed by atoms with van der Waals surface area (Å²) in [4.78, 5) is 19.6. The minimum absolute atomic E-state index is 0.0466. The Morgan fingerprint density at radius 3 is 2.69 bits per heavy atom. The van der Waals surface area contributed by atoms with Gasteiger partial charge < -0.3 is 10.5 Å². The molecule has 1 aliphatic heterocycles. The van der Waals surface area contributed by atoms with Gasteiger partial charge in [0.25, 0.3) is 0 Å². The second kappa shape index (κ2) is 7.08. The summed E-state index contributed by atoms with van der Waals surface area (Å²) < 4.78 is 6.31. The summed E-state index contributed by atoms with van der Waals surface area (Å²) in [5.74, 6) is 0.307. The zero-order valence-corrected chi connectivity index (χ0v) is 19.3. The van der Waals surface area contributed by atoms with Crippen LogP contribution in [0.5, 0.6) is 0 Å². The predicted octanol–water partition coefficient (Wildman–Crippen LogP) is 4.50. The van der Waals surface area contributed by atoms with Gasteiger partial charge in [0.2, 0.25) is 0 Å². The van der Waals surface area contributed by atoms with Crippen molar-refractivity contribution < 1.29 is 4.74 Å². The van der Waals surface area contributed by atoms with E-state index in [0.717, 1.165) is 40.8 Å². The number of hydrogen-bond acceptors (Lipinski definition) is 6. The number of rotatable bonds is 5. The molecule has 6 heteroatoms. The average Bonchev–Trinajstić information content (AvgIpc) is 3.54. The van der Waals surface area contributed by atoms with Crippen LogP contribution in [0.15, 0.2) is 29.0 Å². The zero-order valence-electron chi connectivity index (χ0n) is 19.3. The predicted molar refractivity (Wildman–Crippen MR) is 126 cm³/mol. The van der Waals surface area contributed by atoms with Crippen LogP contribution in [0.2, 0.25) is 0 Å². The van der Waals surface area contributed by atoms with Gasteiger partial charge in [-0.2, -0.15) is 0 Å². The van der Waals surface area contributed by atoms with Crippen LogP contribution in [-0.2, 0) is 10.2 Å². The number of nitrogens with zero attached hydrogens (tertiary/aromatic N) is 4. The maximum absolute atomic E-state index is 6.31. The molecule has 2 bridgehead atoms. The molecule has 2 N–H and O–H groups in total. The minimum Gasteiger partial charge on any atom is -0.404 e. The van der Waals surface area contributed by atoms with Crippen LogP contribution in [0.4, 0.5) is 0 Å². The number of nitrogens with two attached hydrogens (primary N) is 1. The monoisotopic (exact) mass is 431 g/mol. The van der Waals surface area contributed by atoms with Gasteiger partial charge in [-0.25, -0.2) is 4.98 Å². The van der Waals surface area contributed by atoms with Gasteiger partial charge in [0.05, 0.1) is 35.2 Å². The normalized spacial score (nSPS) is 36.8. The van der Waals surface area contributed by atoms with E-state index >= 15 is 0 Å². The minimum atomic E-state index is -0.0466. The van der Waals surface area contributed by atoms with Crippen LogP contribution in [0.25, 0.3) is 11.0 Å². The van der Waals surface area contributed by atoms with Crippen molar-refractivity contribution in [3.05, 3.63) is 41.1 Å². The highest BCUT2D eigenvalue weighted by molar-refractivity contribution is 5.80. The molecule has 0 unspecified atom stereocenters. The first-order valence-electron chi connectivity index (χ1n) is 12.1. The topological polar surface area (TPSA) is 86.3 Å². The fraction of sp³-hybridized carbons (Fsp3) is 0.615. The summed E-state index contributed by atoms with van der Waals surface area (Å²) in [5, 5.41) is 0. The highest BCUT2D eigenvalue weighted by atomic mass is 16.5. The molecular formula is C26H33N5O. The van der Waals surface area contributed by atoms with Crippen molar-refractivity contribution in [1.82, 2.24) is 15.0 Å². The quantitative estimate of drug-likeness (QED) is 0.704. The number of aromatic nitrogens is 3. The van der Waals surface area contributed by atoms with Crippen LogP contribution in [0.1, 0.15) is 81.8 Å². The first-order valence-corrected chi connectivity index (χ1v) is 12.1. The van der Waals surface area contributed by atoms with Gasteiger partial charge in [0, 0.05) is 41.2 Å². The van der Waals surface area contributed by atoms with Crippen LogP contribution in [-0.4, -0.2) is 39.4 Å². The standard InChI is InChI=1S/C26H33N5O/c1-15-10-29-23-21(30-15)8-20(31-24(23)26-12-25(3,13-26)14-26)17-6-16(2)32-22(7-17)18(9-27)11-28-19-4-5-19/h8-11,16-17,19,22H,4-7,12-14,27H2,1-3H3/b18-9+,28-11?/t16-,17-,22-,25?,26?/m0/s1. The third kappa shape index (κ3) is 3.35. The zero-order chi connectivity index (χ0) is 22.1. The van der Waals surface area contributed by atoms with Crippen LogP contribution >= 0.6 is 0 Å². The number of ether oxygens (including phenoxy) is 1. The van der Waals surface area contributed by atoms with Crippen molar-refractivity contribution in [2.45, 2.75) is 95.3 Å². The number of aliphatic imine (C=N–C) groups is 1. The number of hydrogen-bond donors (Lipinski definition) is 1. The maximum Gasteiger partial charge on any atom is 0.111 e. The van der Waals surface area contributed by atoms with E-state index in [0.29, 0.717) is 17.4 Å². The molecule has 1 saturated heterocycles. The Hall–Kier alpha value is -2.34. The lowest BCUT2D eigenvalue weighted by atomic mass is 9.35. The Balaban J connectivity index is 1.35. The highest BCUT2D eigenvalue weighted by Gasteiger charge is 2.67. The largest absolute Gasteiger partial charge is 0.404 e. The molecule has 3 atom stereocenters. The third-order valence-electron chi connectivity index (χ3n) is 7.94. The van der Waals surface area contributed by atoms with E-state index in [9.17, 15) is 0 Å². The van der Waals surface area contributed by atoms with Crippen molar-refractivity contribution in [3.8, 4) is 0 Å². The van der Waals surface area contributed by atoms with Gasteiger partial charge in [0.15, 0.2) is 0 Å². The van der Waals surface area contributed by atoms with Gasteiger partial charge in [-0.3, -0.25) is 15.0 Å². The molecule has 0 aromatic carbocycles. The molecule has 32 heavy (non-hydrogen) atoms. The SMILES string of the molecule is Cc1cnc2c(C34CC(C)(C3)C4)nc([C@@H]3C[C@@H](/C(C=NC4CC4)=C/N)O[C@@H](C)C3)cc2n1. The Morgan fingerprint density at radius 2 is 2.00 bits per heavy atom. The van der Waals surface area contributed by atoms with E-state index in [2.05, 4.69) is 24.9 Å². The second-order valence-electron chi connectivity index (χ2n) is 11.2. The molecule has 2 aromatic rings. The molecule has 3 heterocycles. The molecule has 7 rings (SSSR count). The summed E-state index contributed by atoms with van der Waals surface area (Å²) in [6.07, 6.45) is 13.5. The van der Waals surface area contributed by atoms with E-state index in [1.165, 1.54) is 37.8 Å². The lowest BCUT2D eigenvalue weighted by Crippen LogP contribution is -2.63. The van der Waals surface area contributed by atoms with Crippen LogP contribution in [0, 0.1) is 12.3 Å². The van der Waals surface area contributed by atoms with Gasteiger partial charge in [-0.15, -0.1) is 0 Å². The Morgan fingerprint density at radius 1 is 1.22 bits per heavy atom. The molecule has 6 nitrogen and oxygen atoms in total. The molecule has 5 aliphatic rings. The smallest absolute Gasteiger partial charge is 0.111 e. The first-order chi connectivity index (χ1) is 15.4. The van der Waals surface area contributed by atoms with Crippen molar-refractivity contribution in [1.29, 1.82) is 0 Å². The number of aryl methyl sites for hydroxylation is 1.